The van der Waals surface area contributed by atoms with Crippen molar-refractivity contribution in [3.63, 3.8) is 0 Å². The molecule has 0 spiro atoms. The van der Waals surface area contributed by atoms with E-state index in [1.807, 2.05) is 47.8 Å². The maximum absolute atomic E-state index is 11.5. The molecule has 0 unspecified atom stereocenters. The van der Waals surface area contributed by atoms with Gasteiger partial charge in [-0.3, -0.25) is 0 Å². The minimum atomic E-state index is -3.73. The molecule has 27 heavy (non-hydrogen) atoms. The number of hydrogen-bond donors (Lipinski definition) is 1. The molecule has 2 heterocycles. The maximum Gasteiger partial charge on any atom is 0.238 e. The second-order valence-corrected chi connectivity index (χ2v) is 8.50. The predicted molar refractivity (Wildman–Crippen MR) is 106 cm³/mol. The zero-order valence-corrected chi connectivity index (χ0v) is 15.8. The van der Waals surface area contributed by atoms with Gasteiger partial charge < -0.3 is 4.42 Å². The van der Waals surface area contributed by atoms with Gasteiger partial charge in [-0.1, -0.05) is 36.4 Å². The lowest BCUT2D eigenvalue weighted by atomic mass is 10.1. The van der Waals surface area contributed by atoms with Crippen LogP contribution in [0.5, 0.6) is 0 Å². The first-order chi connectivity index (χ1) is 13.0. The van der Waals surface area contributed by atoms with Crippen LogP contribution in [0.1, 0.15) is 11.5 Å². The van der Waals surface area contributed by atoms with E-state index in [9.17, 15) is 8.42 Å². The molecule has 0 atom stereocenters. The van der Waals surface area contributed by atoms with Gasteiger partial charge in [-0.05, 0) is 41.3 Å². The standard InChI is InChI=1S/C20H16N2O3S2/c21-27(23,24)16-10-8-15(9-11-16)20-19(17-7-4-12-26-17)22-18(25-20)13-14-5-2-1-3-6-14/h1-12H,13H2,(H2,21,23,24). The van der Waals surface area contributed by atoms with Gasteiger partial charge in [-0.2, -0.15) is 0 Å². The molecule has 0 bridgehead atoms. The molecule has 0 aliphatic carbocycles. The van der Waals surface area contributed by atoms with Crippen molar-refractivity contribution in [1.82, 2.24) is 4.98 Å². The Morgan fingerprint density at radius 2 is 1.70 bits per heavy atom. The van der Waals surface area contributed by atoms with E-state index in [1.54, 1.807) is 23.5 Å². The number of hydrogen-bond acceptors (Lipinski definition) is 5. The van der Waals surface area contributed by atoms with Crippen LogP contribution >= 0.6 is 11.3 Å². The van der Waals surface area contributed by atoms with Crippen molar-refractivity contribution in [2.45, 2.75) is 11.3 Å². The van der Waals surface area contributed by atoms with Gasteiger partial charge in [-0.25, -0.2) is 18.5 Å². The average Bonchev–Trinajstić information content (AvgIpc) is 3.31. The molecule has 4 aromatic rings. The van der Waals surface area contributed by atoms with E-state index in [0.717, 1.165) is 21.7 Å². The Kier molecular flexibility index (Phi) is 4.65. The summed E-state index contributed by atoms with van der Waals surface area (Å²) in [5.41, 5.74) is 2.60. The van der Waals surface area contributed by atoms with Crippen molar-refractivity contribution in [2.75, 3.05) is 0 Å². The molecule has 2 aromatic heterocycles. The molecule has 0 fully saturated rings. The first kappa shape index (κ1) is 17.7. The van der Waals surface area contributed by atoms with Crippen LogP contribution in [-0.4, -0.2) is 13.4 Å². The molecule has 2 aromatic carbocycles. The highest BCUT2D eigenvalue weighted by Crippen LogP contribution is 2.35. The topological polar surface area (TPSA) is 86.2 Å². The number of primary sulfonamides is 1. The molecule has 0 saturated heterocycles. The van der Waals surface area contributed by atoms with Crippen molar-refractivity contribution in [3.8, 4) is 21.9 Å². The third-order valence-electron chi connectivity index (χ3n) is 4.07. The molecule has 5 nitrogen and oxygen atoms in total. The van der Waals surface area contributed by atoms with Crippen LogP contribution in [0.25, 0.3) is 21.9 Å². The molecule has 4 rings (SSSR count). The van der Waals surface area contributed by atoms with Gasteiger partial charge in [0.05, 0.1) is 9.77 Å². The summed E-state index contributed by atoms with van der Waals surface area (Å²) >= 11 is 1.57. The quantitative estimate of drug-likeness (QED) is 0.545. The Morgan fingerprint density at radius 3 is 2.33 bits per heavy atom. The molecular formula is C20H16N2O3S2. The van der Waals surface area contributed by atoms with E-state index in [1.165, 1.54) is 12.1 Å². The van der Waals surface area contributed by atoms with E-state index in [2.05, 4.69) is 0 Å². The second-order valence-electron chi connectivity index (χ2n) is 5.99. The minimum absolute atomic E-state index is 0.0629. The minimum Gasteiger partial charge on any atom is -0.440 e. The van der Waals surface area contributed by atoms with Crippen LogP contribution in [0.4, 0.5) is 0 Å². The van der Waals surface area contributed by atoms with Gasteiger partial charge >= 0.3 is 0 Å². The van der Waals surface area contributed by atoms with Gasteiger partial charge in [0.25, 0.3) is 0 Å². The van der Waals surface area contributed by atoms with Crippen LogP contribution in [0.2, 0.25) is 0 Å². The monoisotopic (exact) mass is 396 g/mol. The second kappa shape index (κ2) is 7.11. The highest BCUT2D eigenvalue weighted by molar-refractivity contribution is 7.89. The van der Waals surface area contributed by atoms with Crippen molar-refractivity contribution in [1.29, 1.82) is 0 Å². The van der Waals surface area contributed by atoms with Crippen LogP contribution in [0, 0.1) is 0 Å². The molecule has 0 aliphatic heterocycles. The van der Waals surface area contributed by atoms with Crippen LogP contribution in [0.3, 0.4) is 0 Å². The highest BCUT2D eigenvalue weighted by atomic mass is 32.2. The molecule has 0 radical (unpaired) electrons. The summed E-state index contributed by atoms with van der Waals surface area (Å²) in [5.74, 6) is 1.22. The third kappa shape index (κ3) is 3.85. The molecule has 0 saturated carbocycles. The highest BCUT2D eigenvalue weighted by Gasteiger charge is 2.18. The zero-order valence-electron chi connectivity index (χ0n) is 14.2. The number of nitrogens with two attached hydrogens (primary N) is 1. The summed E-state index contributed by atoms with van der Waals surface area (Å²) in [4.78, 5) is 5.75. The summed E-state index contributed by atoms with van der Waals surface area (Å²) in [7, 11) is -3.73. The van der Waals surface area contributed by atoms with Crippen molar-refractivity contribution in [2.24, 2.45) is 5.14 Å². The van der Waals surface area contributed by atoms with Crippen LogP contribution in [0.15, 0.2) is 81.4 Å². The number of benzene rings is 2. The van der Waals surface area contributed by atoms with Gasteiger partial charge in [-0.15, -0.1) is 11.3 Å². The van der Waals surface area contributed by atoms with E-state index in [4.69, 9.17) is 14.5 Å². The third-order valence-corrected chi connectivity index (χ3v) is 5.88. The Hall–Kier alpha value is -2.74. The Bertz CT molecular complexity index is 1150. The zero-order chi connectivity index (χ0) is 18.9. The number of aromatic nitrogens is 1. The lowest BCUT2D eigenvalue weighted by molar-refractivity contribution is 0.519. The number of thiophene rings is 1. The summed E-state index contributed by atoms with van der Waals surface area (Å²) in [6, 6.07) is 20.2. The SMILES string of the molecule is NS(=O)(=O)c1ccc(-c2oc(Cc3ccccc3)nc2-c2cccs2)cc1. The molecule has 0 aliphatic rings. The summed E-state index contributed by atoms with van der Waals surface area (Å²) < 4.78 is 29.0. The Morgan fingerprint density at radius 1 is 0.963 bits per heavy atom. The fraction of sp³-hybridized carbons (Fsp3) is 0.0500. The van der Waals surface area contributed by atoms with Gasteiger partial charge in [0.15, 0.2) is 11.7 Å². The number of nitrogens with zero attached hydrogens (tertiary/aromatic N) is 1. The Labute approximate surface area is 161 Å². The van der Waals surface area contributed by atoms with Crippen molar-refractivity contribution >= 4 is 21.4 Å². The lowest BCUT2D eigenvalue weighted by Gasteiger charge is -2.02. The summed E-state index contributed by atoms with van der Waals surface area (Å²) in [6.45, 7) is 0. The molecule has 2 N–H and O–H groups in total. The predicted octanol–water partition coefficient (Wildman–Crippen LogP) is 4.31. The van der Waals surface area contributed by atoms with E-state index < -0.39 is 10.0 Å². The first-order valence-corrected chi connectivity index (χ1v) is 10.6. The number of oxazole rings is 1. The fourth-order valence-corrected chi connectivity index (χ4v) is 4.01. The normalized spacial score (nSPS) is 11.6. The van der Waals surface area contributed by atoms with Crippen molar-refractivity contribution in [3.05, 3.63) is 83.6 Å². The first-order valence-electron chi connectivity index (χ1n) is 8.21. The molecular weight excluding hydrogens is 380 g/mol. The van der Waals surface area contributed by atoms with Gasteiger partial charge in [0, 0.05) is 12.0 Å². The summed E-state index contributed by atoms with van der Waals surface area (Å²) in [6.07, 6.45) is 0.578. The number of rotatable bonds is 5. The fourth-order valence-electron chi connectivity index (χ4n) is 2.78. The lowest BCUT2D eigenvalue weighted by Crippen LogP contribution is -2.11. The van der Waals surface area contributed by atoms with Crippen molar-refractivity contribution < 1.29 is 12.8 Å². The molecule has 7 heteroatoms. The number of sulfonamides is 1. The molecule has 0 amide bonds. The largest absolute Gasteiger partial charge is 0.440 e. The molecule has 136 valence electrons. The average molecular weight is 396 g/mol. The van der Waals surface area contributed by atoms with E-state index >= 15 is 0 Å². The van der Waals surface area contributed by atoms with Gasteiger partial charge in [0.2, 0.25) is 10.0 Å². The van der Waals surface area contributed by atoms with E-state index in [0.29, 0.717) is 18.1 Å². The smallest absolute Gasteiger partial charge is 0.238 e. The van der Waals surface area contributed by atoms with Gasteiger partial charge in [0.1, 0.15) is 5.69 Å². The van der Waals surface area contributed by atoms with E-state index in [-0.39, 0.29) is 4.90 Å². The van der Waals surface area contributed by atoms with Crippen LogP contribution in [-0.2, 0) is 16.4 Å². The maximum atomic E-state index is 11.5. The van der Waals surface area contributed by atoms with Crippen LogP contribution < -0.4 is 5.14 Å². The summed E-state index contributed by atoms with van der Waals surface area (Å²) in [5, 5.41) is 7.16. The Balaban J connectivity index is 1.76.